The zero-order valence-electron chi connectivity index (χ0n) is 10.5. The highest BCUT2D eigenvalue weighted by Gasteiger charge is 2.14. The van der Waals surface area contributed by atoms with Gasteiger partial charge in [-0.25, -0.2) is 8.97 Å². The monoisotopic (exact) mass is 239 g/mol. The van der Waals surface area contributed by atoms with Crippen molar-refractivity contribution in [3.63, 3.8) is 0 Å². The standard InChI is InChI=1S/C15H15N2O/c1-16-14(11-17-10-4-3-5-15(16)17)12-6-8-13(18-2)9-7-12/h3-11H,1-2H3/q+1. The van der Waals surface area contributed by atoms with Crippen LogP contribution in [-0.4, -0.2) is 11.7 Å². The Kier molecular flexibility index (Phi) is 2.52. The van der Waals surface area contributed by atoms with Crippen molar-refractivity contribution in [2.24, 2.45) is 7.05 Å². The number of aryl methyl sites for hydroxylation is 1. The maximum Gasteiger partial charge on any atom is 0.286 e. The molecular weight excluding hydrogens is 224 g/mol. The minimum atomic E-state index is 0.880. The molecule has 90 valence electrons. The first-order valence-corrected chi connectivity index (χ1v) is 5.90. The predicted molar refractivity (Wildman–Crippen MR) is 70.6 cm³/mol. The molecule has 2 heterocycles. The molecule has 0 aliphatic carbocycles. The van der Waals surface area contributed by atoms with E-state index >= 15 is 0 Å². The van der Waals surface area contributed by atoms with Crippen molar-refractivity contribution in [1.29, 1.82) is 0 Å². The van der Waals surface area contributed by atoms with E-state index in [9.17, 15) is 0 Å². The number of hydrogen-bond donors (Lipinski definition) is 0. The van der Waals surface area contributed by atoms with Gasteiger partial charge in [0.2, 0.25) is 0 Å². The summed E-state index contributed by atoms with van der Waals surface area (Å²) in [4.78, 5) is 0. The molecule has 2 aromatic heterocycles. The summed E-state index contributed by atoms with van der Waals surface area (Å²) < 4.78 is 9.49. The largest absolute Gasteiger partial charge is 0.497 e. The first kappa shape index (κ1) is 10.8. The third-order valence-corrected chi connectivity index (χ3v) is 3.22. The van der Waals surface area contributed by atoms with E-state index in [4.69, 9.17) is 4.74 Å². The highest BCUT2D eigenvalue weighted by Crippen LogP contribution is 2.22. The van der Waals surface area contributed by atoms with Gasteiger partial charge in [-0.2, -0.15) is 0 Å². The van der Waals surface area contributed by atoms with Crippen LogP contribution < -0.4 is 9.14 Å². The molecule has 3 nitrogen and oxygen atoms in total. The summed E-state index contributed by atoms with van der Waals surface area (Å²) in [5, 5.41) is 0. The number of aromatic nitrogens is 2. The van der Waals surface area contributed by atoms with Crippen LogP contribution in [0.1, 0.15) is 0 Å². The predicted octanol–water partition coefficient (Wildman–Crippen LogP) is 2.44. The Hall–Kier alpha value is -2.29. The van der Waals surface area contributed by atoms with Crippen LogP contribution in [0.3, 0.4) is 0 Å². The van der Waals surface area contributed by atoms with Crippen LogP contribution in [0.2, 0.25) is 0 Å². The number of nitrogens with zero attached hydrogens (tertiary/aromatic N) is 2. The molecule has 0 N–H and O–H groups in total. The zero-order chi connectivity index (χ0) is 12.5. The van der Waals surface area contributed by atoms with E-state index in [2.05, 4.69) is 46.6 Å². The van der Waals surface area contributed by atoms with Crippen molar-refractivity contribution in [2.75, 3.05) is 7.11 Å². The van der Waals surface area contributed by atoms with Crippen LogP contribution in [0, 0.1) is 0 Å². The summed E-state index contributed by atoms with van der Waals surface area (Å²) in [7, 11) is 3.76. The lowest BCUT2D eigenvalue weighted by atomic mass is 10.1. The number of rotatable bonds is 2. The van der Waals surface area contributed by atoms with Crippen LogP contribution in [0.4, 0.5) is 0 Å². The molecule has 1 aromatic carbocycles. The third-order valence-electron chi connectivity index (χ3n) is 3.22. The normalized spacial score (nSPS) is 10.8. The minimum absolute atomic E-state index is 0.880. The molecule has 0 aliphatic rings. The van der Waals surface area contributed by atoms with Gasteiger partial charge in [-0.05, 0) is 30.3 Å². The van der Waals surface area contributed by atoms with Crippen molar-refractivity contribution >= 4 is 5.65 Å². The van der Waals surface area contributed by atoms with Gasteiger partial charge < -0.3 is 4.74 Å². The van der Waals surface area contributed by atoms with Crippen molar-refractivity contribution in [3.05, 3.63) is 54.9 Å². The molecule has 0 amide bonds. The number of hydrogen-bond acceptors (Lipinski definition) is 1. The smallest absolute Gasteiger partial charge is 0.286 e. The molecular formula is C15H15N2O+. The number of ether oxygens (including phenoxy) is 1. The molecule has 0 aliphatic heterocycles. The average Bonchev–Trinajstić information content (AvgIpc) is 2.77. The number of pyridine rings is 1. The van der Waals surface area contributed by atoms with E-state index in [0.717, 1.165) is 5.75 Å². The Morgan fingerprint density at radius 3 is 2.50 bits per heavy atom. The lowest BCUT2D eigenvalue weighted by Gasteiger charge is -2.00. The lowest BCUT2D eigenvalue weighted by molar-refractivity contribution is -0.510. The first-order chi connectivity index (χ1) is 8.79. The number of imidazole rings is 1. The molecule has 0 saturated carbocycles. The quantitative estimate of drug-likeness (QED) is 0.628. The van der Waals surface area contributed by atoms with Crippen LogP contribution in [0.5, 0.6) is 5.75 Å². The fourth-order valence-corrected chi connectivity index (χ4v) is 2.21. The van der Waals surface area contributed by atoms with Crippen molar-refractivity contribution in [1.82, 2.24) is 4.57 Å². The molecule has 0 spiro atoms. The second-order valence-electron chi connectivity index (χ2n) is 4.27. The number of methoxy groups -OCH3 is 1. The fourth-order valence-electron chi connectivity index (χ4n) is 2.21. The van der Waals surface area contributed by atoms with Gasteiger partial charge >= 0.3 is 0 Å². The summed E-state index contributed by atoms with van der Waals surface area (Å²) in [6.45, 7) is 0. The average molecular weight is 239 g/mol. The van der Waals surface area contributed by atoms with Gasteiger partial charge in [0.15, 0.2) is 5.69 Å². The lowest BCUT2D eigenvalue weighted by Crippen LogP contribution is -2.17. The first-order valence-electron chi connectivity index (χ1n) is 5.90. The Bertz CT molecular complexity index is 683. The molecule has 0 unspecified atom stereocenters. The molecule has 0 fully saturated rings. The van der Waals surface area contributed by atoms with E-state index in [0.29, 0.717) is 0 Å². The molecule has 0 bridgehead atoms. The van der Waals surface area contributed by atoms with Gasteiger partial charge in [-0.3, -0.25) is 0 Å². The number of fused-ring (bicyclic) bond motifs is 1. The molecule has 0 radical (unpaired) electrons. The van der Waals surface area contributed by atoms with E-state index < -0.39 is 0 Å². The van der Waals surface area contributed by atoms with Crippen molar-refractivity contribution in [2.45, 2.75) is 0 Å². The topological polar surface area (TPSA) is 18.3 Å². The van der Waals surface area contributed by atoms with Gasteiger partial charge in [-0.1, -0.05) is 6.07 Å². The Morgan fingerprint density at radius 2 is 1.83 bits per heavy atom. The Balaban J connectivity index is 2.15. The molecule has 3 heteroatoms. The van der Waals surface area contributed by atoms with E-state index in [-0.39, 0.29) is 0 Å². The molecule has 0 atom stereocenters. The third kappa shape index (κ3) is 1.64. The van der Waals surface area contributed by atoms with Crippen molar-refractivity contribution < 1.29 is 9.14 Å². The van der Waals surface area contributed by atoms with Gasteiger partial charge in [0.05, 0.1) is 20.4 Å². The summed E-state index contributed by atoms with van der Waals surface area (Å²) in [5.74, 6) is 0.880. The van der Waals surface area contributed by atoms with Crippen molar-refractivity contribution in [3.8, 4) is 17.0 Å². The highest BCUT2D eigenvalue weighted by atomic mass is 16.5. The fraction of sp³-hybridized carbons (Fsp3) is 0.133. The van der Waals surface area contributed by atoms with E-state index in [1.54, 1.807) is 7.11 Å². The van der Waals surface area contributed by atoms with Gasteiger partial charge in [0.1, 0.15) is 11.9 Å². The van der Waals surface area contributed by atoms with E-state index in [1.807, 2.05) is 24.3 Å². The minimum Gasteiger partial charge on any atom is -0.497 e. The maximum absolute atomic E-state index is 5.18. The SMILES string of the molecule is COc1ccc(-c2c[n+]3ccccc3n2C)cc1. The second kappa shape index (κ2) is 4.18. The van der Waals surface area contributed by atoms with Gasteiger partial charge in [0, 0.05) is 11.6 Å². The van der Waals surface area contributed by atoms with Crippen LogP contribution in [-0.2, 0) is 7.05 Å². The second-order valence-corrected chi connectivity index (χ2v) is 4.27. The highest BCUT2D eigenvalue weighted by molar-refractivity contribution is 5.62. The zero-order valence-corrected chi connectivity index (χ0v) is 10.5. The Morgan fingerprint density at radius 1 is 1.06 bits per heavy atom. The van der Waals surface area contributed by atoms with Crippen LogP contribution in [0.15, 0.2) is 54.9 Å². The van der Waals surface area contributed by atoms with E-state index in [1.165, 1.54) is 16.9 Å². The summed E-state index contributed by atoms with van der Waals surface area (Å²) >= 11 is 0. The summed E-state index contributed by atoms with van der Waals surface area (Å²) in [5.41, 5.74) is 3.54. The number of benzene rings is 1. The maximum atomic E-state index is 5.18. The summed E-state index contributed by atoms with van der Waals surface area (Å²) in [6, 6.07) is 14.3. The van der Waals surface area contributed by atoms with Crippen LogP contribution >= 0.6 is 0 Å². The van der Waals surface area contributed by atoms with Crippen LogP contribution in [0.25, 0.3) is 16.9 Å². The van der Waals surface area contributed by atoms with Gasteiger partial charge in [0.25, 0.3) is 5.65 Å². The molecule has 18 heavy (non-hydrogen) atoms. The summed E-state index contributed by atoms with van der Waals surface area (Å²) in [6.07, 6.45) is 4.19. The van der Waals surface area contributed by atoms with Gasteiger partial charge in [-0.15, -0.1) is 0 Å². The Labute approximate surface area is 106 Å². The molecule has 3 aromatic rings. The molecule has 0 saturated heterocycles. The molecule has 3 rings (SSSR count).